The number of rotatable bonds is 3. The zero-order chi connectivity index (χ0) is 12.3. The molecule has 1 heterocycles. The van der Waals surface area contributed by atoms with Gasteiger partial charge in [-0.1, -0.05) is 12.8 Å². The fourth-order valence-electron chi connectivity index (χ4n) is 2.40. The first-order chi connectivity index (χ1) is 8.15. The number of hydrogen-bond donors (Lipinski definition) is 2. The van der Waals surface area contributed by atoms with Crippen LogP contribution in [-0.4, -0.2) is 21.7 Å². The van der Waals surface area contributed by atoms with Crippen molar-refractivity contribution in [3.8, 4) is 0 Å². The summed E-state index contributed by atoms with van der Waals surface area (Å²) in [5.74, 6) is 0.959. The van der Waals surface area contributed by atoms with Crippen molar-refractivity contribution < 1.29 is 4.79 Å². The molecule has 0 bridgehead atoms. The average molecular weight is 236 g/mol. The largest absolute Gasteiger partial charge is 0.327 e. The Bertz CT molecular complexity index is 388. The molecule has 2 atom stereocenters. The van der Waals surface area contributed by atoms with Crippen molar-refractivity contribution in [3.05, 3.63) is 12.3 Å². The number of aryl methyl sites for hydroxylation is 1. The summed E-state index contributed by atoms with van der Waals surface area (Å²) >= 11 is 0. The van der Waals surface area contributed by atoms with E-state index in [-0.39, 0.29) is 11.9 Å². The van der Waals surface area contributed by atoms with Gasteiger partial charge in [0.1, 0.15) is 0 Å². The van der Waals surface area contributed by atoms with E-state index in [1.807, 2.05) is 13.2 Å². The molecule has 0 radical (unpaired) electrons. The number of amides is 1. The first-order valence-corrected chi connectivity index (χ1v) is 6.20. The lowest BCUT2D eigenvalue weighted by molar-refractivity contribution is -0.117. The lowest BCUT2D eigenvalue weighted by atomic mass is 9.83. The van der Waals surface area contributed by atoms with Gasteiger partial charge in [-0.15, -0.1) is 0 Å². The second-order valence-corrected chi connectivity index (χ2v) is 4.84. The molecule has 3 N–H and O–H groups in total. The molecule has 0 aromatic carbocycles. The molecule has 17 heavy (non-hydrogen) atoms. The Morgan fingerprint density at radius 3 is 3.00 bits per heavy atom. The summed E-state index contributed by atoms with van der Waals surface area (Å²) in [5.41, 5.74) is 6.03. The van der Waals surface area contributed by atoms with Gasteiger partial charge in [0, 0.05) is 31.8 Å². The summed E-state index contributed by atoms with van der Waals surface area (Å²) in [5, 5.41) is 6.92. The van der Waals surface area contributed by atoms with Gasteiger partial charge in [-0.3, -0.25) is 9.48 Å². The highest BCUT2D eigenvalue weighted by molar-refractivity contribution is 5.89. The van der Waals surface area contributed by atoms with Gasteiger partial charge in [-0.05, 0) is 18.8 Å². The molecule has 94 valence electrons. The van der Waals surface area contributed by atoms with E-state index in [0.29, 0.717) is 18.2 Å². The average Bonchev–Trinajstić information content (AvgIpc) is 2.67. The van der Waals surface area contributed by atoms with E-state index in [1.54, 1.807) is 10.7 Å². The van der Waals surface area contributed by atoms with E-state index in [0.717, 1.165) is 12.8 Å². The first-order valence-electron chi connectivity index (χ1n) is 6.20. The molecule has 2 unspecified atom stereocenters. The monoisotopic (exact) mass is 236 g/mol. The number of aromatic nitrogens is 2. The Morgan fingerprint density at radius 2 is 2.35 bits per heavy atom. The molecule has 5 heteroatoms. The topological polar surface area (TPSA) is 72.9 Å². The van der Waals surface area contributed by atoms with Crippen LogP contribution in [0.3, 0.4) is 0 Å². The van der Waals surface area contributed by atoms with Crippen LogP contribution in [0, 0.1) is 5.92 Å². The minimum atomic E-state index is 0.0195. The lowest BCUT2D eigenvalue weighted by Crippen LogP contribution is -2.35. The third-order valence-electron chi connectivity index (χ3n) is 3.40. The first kappa shape index (κ1) is 12.1. The Morgan fingerprint density at radius 1 is 1.59 bits per heavy atom. The predicted octanol–water partition coefficient (Wildman–Crippen LogP) is 1.27. The molecule has 0 spiro atoms. The van der Waals surface area contributed by atoms with E-state index >= 15 is 0 Å². The van der Waals surface area contributed by atoms with Crippen LogP contribution in [0.2, 0.25) is 0 Å². The molecule has 0 saturated heterocycles. The smallest absolute Gasteiger partial charge is 0.225 e. The number of carbonyl (C=O) groups is 1. The highest BCUT2D eigenvalue weighted by atomic mass is 16.1. The molecule has 1 aromatic heterocycles. The summed E-state index contributed by atoms with van der Waals surface area (Å²) < 4.78 is 1.67. The maximum absolute atomic E-state index is 11.8. The van der Waals surface area contributed by atoms with E-state index in [1.165, 1.54) is 12.8 Å². The van der Waals surface area contributed by atoms with E-state index < -0.39 is 0 Å². The normalized spacial score (nSPS) is 24.6. The summed E-state index contributed by atoms with van der Waals surface area (Å²) in [6.45, 7) is 0. The van der Waals surface area contributed by atoms with Gasteiger partial charge >= 0.3 is 0 Å². The Hall–Kier alpha value is -1.36. The SMILES string of the molecule is Cn1ccc(NC(=O)CC2CCCCC2N)n1. The Balaban J connectivity index is 1.84. The summed E-state index contributed by atoms with van der Waals surface area (Å²) in [4.78, 5) is 11.8. The maximum Gasteiger partial charge on any atom is 0.225 e. The van der Waals surface area contributed by atoms with Crippen LogP contribution in [-0.2, 0) is 11.8 Å². The third kappa shape index (κ3) is 3.30. The summed E-state index contributed by atoms with van der Waals surface area (Å²) in [6.07, 6.45) is 6.81. The molecule has 2 rings (SSSR count). The van der Waals surface area contributed by atoms with Gasteiger partial charge < -0.3 is 11.1 Å². The third-order valence-corrected chi connectivity index (χ3v) is 3.40. The van der Waals surface area contributed by atoms with Crippen LogP contribution in [0.5, 0.6) is 0 Å². The number of nitrogens with zero attached hydrogens (tertiary/aromatic N) is 2. The standard InChI is InChI=1S/C12H20N4O/c1-16-7-6-11(15-16)14-12(17)8-9-4-2-3-5-10(9)13/h6-7,9-10H,2-5,8,13H2,1H3,(H,14,15,17). The van der Waals surface area contributed by atoms with Gasteiger partial charge in [0.2, 0.25) is 5.91 Å². The van der Waals surface area contributed by atoms with Crippen LogP contribution in [0.25, 0.3) is 0 Å². The van der Waals surface area contributed by atoms with Crippen molar-refractivity contribution in [3.63, 3.8) is 0 Å². The number of anilines is 1. The molecular formula is C12H20N4O. The quantitative estimate of drug-likeness (QED) is 0.830. The molecular weight excluding hydrogens is 216 g/mol. The van der Waals surface area contributed by atoms with Crippen LogP contribution in [0.1, 0.15) is 32.1 Å². The number of hydrogen-bond acceptors (Lipinski definition) is 3. The van der Waals surface area contributed by atoms with Crippen molar-refractivity contribution >= 4 is 11.7 Å². The minimum Gasteiger partial charge on any atom is -0.327 e. The molecule has 1 fully saturated rings. The van der Waals surface area contributed by atoms with Gasteiger partial charge in [-0.25, -0.2) is 0 Å². The fourth-order valence-corrected chi connectivity index (χ4v) is 2.40. The number of nitrogens with two attached hydrogens (primary N) is 1. The molecule has 1 amide bonds. The van der Waals surface area contributed by atoms with Crippen molar-refractivity contribution in [1.29, 1.82) is 0 Å². The van der Waals surface area contributed by atoms with E-state index in [9.17, 15) is 4.79 Å². The van der Waals surface area contributed by atoms with Gasteiger partial charge in [0.25, 0.3) is 0 Å². The van der Waals surface area contributed by atoms with E-state index in [4.69, 9.17) is 5.73 Å². The van der Waals surface area contributed by atoms with Gasteiger partial charge in [0.05, 0.1) is 0 Å². The van der Waals surface area contributed by atoms with E-state index in [2.05, 4.69) is 10.4 Å². The molecule has 0 aliphatic heterocycles. The van der Waals surface area contributed by atoms with Crippen LogP contribution >= 0.6 is 0 Å². The van der Waals surface area contributed by atoms with Crippen LogP contribution < -0.4 is 11.1 Å². The maximum atomic E-state index is 11.8. The zero-order valence-electron chi connectivity index (χ0n) is 10.2. The molecule has 5 nitrogen and oxygen atoms in total. The molecule has 1 aliphatic rings. The summed E-state index contributed by atoms with van der Waals surface area (Å²) in [6, 6.07) is 1.97. The molecule has 1 aliphatic carbocycles. The predicted molar refractivity (Wildman–Crippen MR) is 66.4 cm³/mol. The van der Waals surface area contributed by atoms with Crippen molar-refractivity contribution in [2.24, 2.45) is 18.7 Å². The fraction of sp³-hybridized carbons (Fsp3) is 0.667. The Kier molecular flexibility index (Phi) is 3.78. The second kappa shape index (κ2) is 5.31. The van der Waals surface area contributed by atoms with Crippen molar-refractivity contribution in [2.75, 3.05) is 5.32 Å². The van der Waals surface area contributed by atoms with Gasteiger partial charge in [-0.2, -0.15) is 5.10 Å². The van der Waals surface area contributed by atoms with Crippen LogP contribution in [0.4, 0.5) is 5.82 Å². The highest BCUT2D eigenvalue weighted by Crippen LogP contribution is 2.25. The van der Waals surface area contributed by atoms with Crippen LogP contribution in [0.15, 0.2) is 12.3 Å². The van der Waals surface area contributed by atoms with Crippen molar-refractivity contribution in [2.45, 2.75) is 38.1 Å². The number of carbonyl (C=O) groups excluding carboxylic acids is 1. The number of nitrogens with one attached hydrogen (secondary N) is 1. The van der Waals surface area contributed by atoms with Gasteiger partial charge in [0.15, 0.2) is 5.82 Å². The highest BCUT2D eigenvalue weighted by Gasteiger charge is 2.24. The minimum absolute atomic E-state index is 0.0195. The summed E-state index contributed by atoms with van der Waals surface area (Å²) in [7, 11) is 1.83. The second-order valence-electron chi connectivity index (χ2n) is 4.84. The lowest BCUT2D eigenvalue weighted by Gasteiger charge is -2.27. The Labute approximate surface area is 101 Å². The van der Waals surface area contributed by atoms with Crippen molar-refractivity contribution in [1.82, 2.24) is 9.78 Å². The molecule has 1 saturated carbocycles. The zero-order valence-corrected chi connectivity index (χ0v) is 10.2. The molecule has 1 aromatic rings.